The molecule has 1 aromatic rings. The van der Waals surface area contributed by atoms with Crippen LogP contribution in [0.15, 0.2) is 24.3 Å². The zero-order valence-corrected chi connectivity index (χ0v) is 11.9. The maximum absolute atomic E-state index is 6.07. The number of hydrogen-bond acceptors (Lipinski definition) is 3. The minimum absolute atomic E-state index is 0.0907. The minimum atomic E-state index is -0.245. The van der Waals surface area contributed by atoms with Gasteiger partial charge < -0.3 is 14.8 Å². The Labute approximate surface area is 109 Å². The molecule has 1 aliphatic rings. The zero-order valence-electron chi connectivity index (χ0n) is 11.9. The summed E-state index contributed by atoms with van der Waals surface area (Å²) >= 11 is 0. The van der Waals surface area contributed by atoms with Crippen LogP contribution in [0.2, 0.25) is 0 Å². The lowest BCUT2D eigenvalue weighted by Crippen LogP contribution is -2.36. The highest BCUT2D eigenvalue weighted by Gasteiger charge is 2.47. The van der Waals surface area contributed by atoms with Crippen molar-refractivity contribution in [3.63, 3.8) is 0 Å². The second-order valence-corrected chi connectivity index (χ2v) is 6.05. The highest BCUT2D eigenvalue weighted by atomic mass is 16.6. The molecule has 0 amide bonds. The minimum Gasteiger partial charge on any atom is -0.487 e. The van der Waals surface area contributed by atoms with Crippen molar-refractivity contribution in [3.8, 4) is 5.75 Å². The fourth-order valence-corrected chi connectivity index (χ4v) is 2.56. The maximum Gasteiger partial charge on any atom is 0.130 e. The number of benzene rings is 1. The summed E-state index contributed by atoms with van der Waals surface area (Å²) in [6.07, 6.45) is 1.00. The molecule has 18 heavy (non-hydrogen) atoms. The van der Waals surface area contributed by atoms with Crippen LogP contribution in [0.25, 0.3) is 0 Å². The van der Waals surface area contributed by atoms with Crippen LogP contribution in [0, 0.1) is 0 Å². The molecule has 3 heteroatoms. The summed E-state index contributed by atoms with van der Waals surface area (Å²) in [5.74, 6) is 0.897. The first kappa shape index (κ1) is 13.2. The van der Waals surface area contributed by atoms with Gasteiger partial charge in [0.05, 0.1) is 5.60 Å². The van der Waals surface area contributed by atoms with Crippen molar-refractivity contribution in [3.05, 3.63) is 24.3 Å². The molecule has 0 saturated carbocycles. The van der Waals surface area contributed by atoms with Crippen molar-refractivity contribution in [1.82, 2.24) is 0 Å². The molecule has 0 aromatic heterocycles. The second-order valence-electron chi connectivity index (χ2n) is 6.05. The van der Waals surface area contributed by atoms with Gasteiger partial charge in [-0.05, 0) is 52.0 Å². The van der Waals surface area contributed by atoms with E-state index in [4.69, 9.17) is 9.47 Å². The standard InChI is InChI=1S/C15H23NO2/c1-14(2)10-13(15(3,4)18-14)17-12-8-6-11(16-5)7-9-12/h6-9,13,16H,10H2,1-5H3. The molecule has 0 bridgehead atoms. The molecular formula is C15H23NO2. The molecular weight excluding hydrogens is 226 g/mol. The van der Waals surface area contributed by atoms with Gasteiger partial charge >= 0.3 is 0 Å². The Hall–Kier alpha value is -1.22. The van der Waals surface area contributed by atoms with E-state index in [0.29, 0.717) is 0 Å². The van der Waals surface area contributed by atoms with Crippen molar-refractivity contribution in [2.75, 3.05) is 12.4 Å². The Morgan fingerprint density at radius 1 is 1.17 bits per heavy atom. The summed E-state index contributed by atoms with van der Waals surface area (Å²) in [4.78, 5) is 0. The molecule has 100 valence electrons. The molecule has 1 unspecified atom stereocenters. The fraction of sp³-hybridized carbons (Fsp3) is 0.600. The molecule has 1 N–H and O–H groups in total. The lowest BCUT2D eigenvalue weighted by molar-refractivity contribution is -0.0846. The van der Waals surface area contributed by atoms with Crippen LogP contribution in [0.3, 0.4) is 0 Å². The van der Waals surface area contributed by atoms with Gasteiger partial charge in [0.1, 0.15) is 17.5 Å². The van der Waals surface area contributed by atoms with E-state index < -0.39 is 0 Å². The molecule has 1 heterocycles. The maximum atomic E-state index is 6.07. The topological polar surface area (TPSA) is 30.5 Å². The van der Waals surface area contributed by atoms with Crippen LogP contribution in [-0.4, -0.2) is 24.4 Å². The summed E-state index contributed by atoms with van der Waals surface area (Å²) in [5, 5.41) is 3.10. The van der Waals surface area contributed by atoms with E-state index in [0.717, 1.165) is 17.9 Å². The average molecular weight is 249 g/mol. The van der Waals surface area contributed by atoms with E-state index >= 15 is 0 Å². The third-order valence-electron chi connectivity index (χ3n) is 3.41. The van der Waals surface area contributed by atoms with Gasteiger partial charge in [-0.1, -0.05) is 0 Å². The van der Waals surface area contributed by atoms with Crippen LogP contribution in [0.5, 0.6) is 5.75 Å². The number of hydrogen-bond donors (Lipinski definition) is 1. The van der Waals surface area contributed by atoms with E-state index in [-0.39, 0.29) is 17.3 Å². The third kappa shape index (κ3) is 2.78. The zero-order chi connectivity index (χ0) is 13.4. The first-order valence-electron chi connectivity index (χ1n) is 6.47. The van der Waals surface area contributed by atoms with Crippen molar-refractivity contribution in [1.29, 1.82) is 0 Å². The van der Waals surface area contributed by atoms with Crippen molar-refractivity contribution < 1.29 is 9.47 Å². The molecule has 0 aliphatic carbocycles. The Kier molecular flexibility index (Phi) is 3.28. The number of anilines is 1. The summed E-state index contributed by atoms with van der Waals surface area (Å²) in [6, 6.07) is 8.02. The van der Waals surface area contributed by atoms with E-state index in [1.807, 2.05) is 31.3 Å². The number of rotatable bonds is 3. The van der Waals surface area contributed by atoms with E-state index in [1.54, 1.807) is 0 Å². The van der Waals surface area contributed by atoms with Gasteiger partial charge in [0.15, 0.2) is 0 Å². The SMILES string of the molecule is CNc1ccc(OC2CC(C)(C)OC2(C)C)cc1. The molecule has 3 nitrogen and oxygen atoms in total. The molecule has 1 fully saturated rings. The average Bonchev–Trinajstić information content (AvgIpc) is 2.48. The fourth-order valence-electron chi connectivity index (χ4n) is 2.56. The number of ether oxygens (including phenoxy) is 2. The molecule has 2 rings (SSSR count). The van der Waals surface area contributed by atoms with Gasteiger partial charge in [-0.25, -0.2) is 0 Å². The molecule has 1 saturated heterocycles. The quantitative estimate of drug-likeness (QED) is 0.890. The summed E-state index contributed by atoms with van der Waals surface area (Å²) in [7, 11) is 1.91. The third-order valence-corrected chi connectivity index (χ3v) is 3.41. The highest BCUT2D eigenvalue weighted by Crippen LogP contribution is 2.39. The molecule has 1 aromatic carbocycles. The predicted molar refractivity (Wildman–Crippen MR) is 74.3 cm³/mol. The summed E-state index contributed by atoms with van der Waals surface area (Å²) < 4.78 is 12.1. The van der Waals surface area contributed by atoms with Gasteiger partial charge in [-0.15, -0.1) is 0 Å². The van der Waals surface area contributed by atoms with Gasteiger partial charge in [-0.3, -0.25) is 0 Å². The Balaban J connectivity index is 2.09. The van der Waals surface area contributed by atoms with Crippen molar-refractivity contribution in [2.45, 2.75) is 51.4 Å². The predicted octanol–water partition coefficient (Wildman–Crippen LogP) is 3.45. The van der Waals surface area contributed by atoms with Crippen LogP contribution in [0.4, 0.5) is 5.69 Å². The lowest BCUT2D eigenvalue weighted by Gasteiger charge is -2.27. The van der Waals surface area contributed by atoms with Crippen LogP contribution < -0.4 is 10.1 Å². The largest absolute Gasteiger partial charge is 0.487 e. The Morgan fingerprint density at radius 3 is 2.22 bits per heavy atom. The van der Waals surface area contributed by atoms with Crippen molar-refractivity contribution in [2.24, 2.45) is 0 Å². The van der Waals surface area contributed by atoms with E-state index in [9.17, 15) is 0 Å². The van der Waals surface area contributed by atoms with Gasteiger partial charge in [0, 0.05) is 19.2 Å². The lowest BCUT2D eigenvalue weighted by atomic mass is 9.97. The highest BCUT2D eigenvalue weighted by molar-refractivity contribution is 5.45. The van der Waals surface area contributed by atoms with Crippen LogP contribution in [0.1, 0.15) is 34.1 Å². The first-order chi connectivity index (χ1) is 8.32. The monoisotopic (exact) mass is 249 g/mol. The van der Waals surface area contributed by atoms with Crippen LogP contribution in [-0.2, 0) is 4.74 Å². The molecule has 0 radical (unpaired) electrons. The van der Waals surface area contributed by atoms with Gasteiger partial charge in [0.2, 0.25) is 0 Å². The molecule has 1 atom stereocenters. The smallest absolute Gasteiger partial charge is 0.130 e. The summed E-state index contributed by atoms with van der Waals surface area (Å²) in [6.45, 7) is 8.41. The Bertz CT molecular complexity index is 409. The number of nitrogens with one attached hydrogen (secondary N) is 1. The van der Waals surface area contributed by atoms with Gasteiger partial charge in [0.25, 0.3) is 0 Å². The van der Waals surface area contributed by atoms with E-state index in [2.05, 4.69) is 33.0 Å². The normalized spacial score (nSPS) is 24.8. The summed E-state index contributed by atoms with van der Waals surface area (Å²) in [5.41, 5.74) is 0.731. The Morgan fingerprint density at radius 2 is 1.78 bits per heavy atom. The first-order valence-corrected chi connectivity index (χ1v) is 6.47. The molecule has 1 aliphatic heterocycles. The second kappa shape index (κ2) is 4.47. The van der Waals surface area contributed by atoms with Crippen LogP contribution >= 0.6 is 0 Å². The van der Waals surface area contributed by atoms with E-state index in [1.165, 1.54) is 0 Å². The molecule has 0 spiro atoms. The van der Waals surface area contributed by atoms with Gasteiger partial charge in [-0.2, -0.15) is 0 Å². The van der Waals surface area contributed by atoms with Crippen molar-refractivity contribution >= 4 is 5.69 Å².